The maximum Gasteiger partial charge on any atom is 0.139 e. The summed E-state index contributed by atoms with van der Waals surface area (Å²) in [5, 5.41) is 11.2. The zero-order valence-corrected chi connectivity index (χ0v) is 39.6. The van der Waals surface area contributed by atoms with Gasteiger partial charge in [-0.3, -0.25) is 4.98 Å². The van der Waals surface area contributed by atoms with Crippen LogP contribution < -0.4 is 5.32 Å². The third kappa shape index (κ3) is 8.41. The summed E-state index contributed by atoms with van der Waals surface area (Å²) in [6.45, 7) is 0. The van der Waals surface area contributed by atoms with Crippen LogP contribution in [0.3, 0.4) is 0 Å². The van der Waals surface area contributed by atoms with Gasteiger partial charge in [0.15, 0.2) is 0 Å². The highest BCUT2D eigenvalue weighted by Crippen LogP contribution is 2.39. The van der Waals surface area contributed by atoms with Gasteiger partial charge in [-0.1, -0.05) is 176 Å². The number of pyridine rings is 1. The van der Waals surface area contributed by atoms with Crippen molar-refractivity contribution in [2.45, 2.75) is 31.8 Å². The van der Waals surface area contributed by atoms with Gasteiger partial charge >= 0.3 is 0 Å². The fourth-order valence-corrected chi connectivity index (χ4v) is 10.6. The van der Waals surface area contributed by atoms with Gasteiger partial charge in [-0.05, 0) is 132 Å². The second kappa shape index (κ2) is 18.5. The SMILES string of the molecule is CN1C=CNC1c1ccc(CCc2cc(CCc3ccc(-c4nccn4C)cc3)cc(-c3ccccc3-c3ccc(-c4cccc(-c5ccc6c7ccccc7c7ccccc7c6c5)c4)nc3)c2)cc1. The van der Waals surface area contributed by atoms with Crippen LogP contribution in [0.2, 0.25) is 0 Å². The van der Waals surface area contributed by atoms with E-state index in [1.807, 2.05) is 31.8 Å². The molecule has 0 spiro atoms. The fourth-order valence-electron chi connectivity index (χ4n) is 10.6. The summed E-state index contributed by atoms with van der Waals surface area (Å²) in [6, 6.07) is 71.7. The molecule has 1 unspecified atom stereocenters. The Bertz CT molecular complexity index is 3680. The number of aryl methyl sites for hydroxylation is 5. The minimum absolute atomic E-state index is 0.182. The Kier molecular flexibility index (Phi) is 11.3. The van der Waals surface area contributed by atoms with Crippen LogP contribution in [0, 0.1) is 0 Å². The summed E-state index contributed by atoms with van der Waals surface area (Å²) < 4.78 is 2.07. The van der Waals surface area contributed by atoms with Crippen molar-refractivity contribution in [3.05, 3.63) is 253 Å². The molecule has 1 aliphatic rings. The Labute approximate surface area is 410 Å². The summed E-state index contributed by atoms with van der Waals surface area (Å²) in [5.41, 5.74) is 16.9. The molecule has 0 saturated heterocycles. The van der Waals surface area contributed by atoms with Crippen molar-refractivity contribution < 1.29 is 0 Å². The van der Waals surface area contributed by atoms with Gasteiger partial charge in [-0.25, -0.2) is 4.98 Å². The maximum absolute atomic E-state index is 5.13. The van der Waals surface area contributed by atoms with Gasteiger partial charge in [0, 0.05) is 61.8 Å². The first-order valence-corrected chi connectivity index (χ1v) is 24.4. The van der Waals surface area contributed by atoms with Crippen LogP contribution in [0.25, 0.3) is 88.3 Å². The van der Waals surface area contributed by atoms with Crippen molar-refractivity contribution in [1.82, 2.24) is 24.8 Å². The molecule has 338 valence electrons. The van der Waals surface area contributed by atoms with Gasteiger partial charge in [0.1, 0.15) is 12.0 Å². The molecule has 1 N–H and O–H groups in total. The average molecular weight is 904 g/mol. The zero-order valence-electron chi connectivity index (χ0n) is 39.6. The van der Waals surface area contributed by atoms with Crippen LogP contribution in [0.15, 0.2) is 225 Å². The number of nitrogens with zero attached hydrogens (tertiary/aromatic N) is 4. The Morgan fingerprint density at radius 2 is 0.986 bits per heavy atom. The fraction of sp³-hybridized carbons (Fsp3) is 0.108. The van der Waals surface area contributed by atoms with E-state index >= 15 is 0 Å². The summed E-state index contributed by atoms with van der Waals surface area (Å²) in [6.07, 6.45) is 14.0. The molecule has 0 fully saturated rings. The summed E-state index contributed by atoms with van der Waals surface area (Å²) in [7, 11) is 4.15. The van der Waals surface area contributed by atoms with E-state index < -0.39 is 0 Å². The van der Waals surface area contributed by atoms with Gasteiger partial charge in [-0.2, -0.15) is 0 Å². The quantitative estimate of drug-likeness (QED) is 0.124. The topological polar surface area (TPSA) is 46.0 Å². The Balaban J connectivity index is 0.830. The Morgan fingerprint density at radius 1 is 0.429 bits per heavy atom. The lowest BCUT2D eigenvalue weighted by molar-refractivity contribution is 0.340. The number of fused-ring (bicyclic) bond motifs is 6. The molecule has 5 heteroatoms. The van der Waals surface area contributed by atoms with Crippen molar-refractivity contribution in [2.24, 2.45) is 7.05 Å². The molecule has 0 amide bonds. The lowest BCUT2D eigenvalue weighted by Gasteiger charge is -2.21. The largest absolute Gasteiger partial charge is 0.366 e. The number of imidazole rings is 1. The number of benzene rings is 9. The summed E-state index contributed by atoms with van der Waals surface area (Å²) in [4.78, 5) is 11.9. The zero-order chi connectivity index (χ0) is 47.0. The smallest absolute Gasteiger partial charge is 0.139 e. The first-order chi connectivity index (χ1) is 34.5. The van der Waals surface area contributed by atoms with E-state index in [2.05, 4.69) is 227 Å². The van der Waals surface area contributed by atoms with Crippen molar-refractivity contribution >= 4 is 32.3 Å². The number of hydrogen-bond acceptors (Lipinski definition) is 4. The van der Waals surface area contributed by atoms with E-state index in [-0.39, 0.29) is 6.17 Å². The normalized spacial score (nSPS) is 13.4. The lowest BCUT2D eigenvalue weighted by Crippen LogP contribution is -2.23. The van der Waals surface area contributed by atoms with Crippen molar-refractivity contribution in [3.63, 3.8) is 0 Å². The predicted octanol–water partition coefficient (Wildman–Crippen LogP) is 15.2. The minimum atomic E-state index is 0.182. The molecular formula is C65H53N5. The van der Waals surface area contributed by atoms with Gasteiger partial charge < -0.3 is 14.8 Å². The molecule has 0 radical (unpaired) electrons. The van der Waals surface area contributed by atoms with Crippen LogP contribution in [-0.4, -0.2) is 26.5 Å². The average Bonchev–Trinajstić information content (AvgIpc) is 4.07. The number of hydrogen-bond donors (Lipinski definition) is 1. The monoisotopic (exact) mass is 903 g/mol. The minimum Gasteiger partial charge on any atom is -0.366 e. The third-order valence-electron chi connectivity index (χ3n) is 14.3. The molecule has 0 saturated carbocycles. The highest BCUT2D eigenvalue weighted by molar-refractivity contribution is 6.25. The van der Waals surface area contributed by atoms with Gasteiger partial charge in [0.2, 0.25) is 0 Å². The van der Waals surface area contributed by atoms with E-state index in [1.54, 1.807) is 0 Å². The summed E-state index contributed by atoms with van der Waals surface area (Å²) in [5.74, 6) is 0.982. The second-order valence-electron chi connectivity index (χ2n) is 18.8. The third-order valence-corrected chi connectivity index (χ3v) is 14.3. The first kappa shape index (κ1) is 42.8. The van der Waals surface area contributed by atoms with E-state index in [0.29, 0.717) is 0 Å². The maximum atomic E-state index is 5.13. The van der Waals surface area contributed by atoms with Gasteiger partial charge in [0.25, 0.3) is 0 Å². The van der Waals surface area contributed by atoms with Gasteiger partial charge in [0.05, 0.1) is 5.69 Å². The van der Waals surface area contributed by atoms with Crippen LogP contribution in [-0.2, 0) is 32.7 Å². The molecule has 5 nitrogen and oxygen atoms in total. The van der Waals surface area contributed by atoms with Crippen molar-refractivity contribution in [3.8, 4) is 56.0 Å². The molecule has 1 atom stereocenters. The Morgan fingerprint density at radius 3 is 1.60 bits per heavy atom. The van der Waals surface area contributed by atoms with Gasteiger partial charge in [-0.15, -0.1) is 0 Å². The molecular weight excluding hydrogens is 851 g/mol. The highest BCUT2D eigenvalue weighted by atomic mass is 15.3. The van der Waals surface area contributed by atoms with E-state index in [4.69, 9.17) is 4.98 Å². The van der Waals surface area contributed by atoms with Crippen molar-refractivity contribution in [2.75, 3.05) is 7.05 Å². The first-order valence-electron chi connectivity index (χ1n) is 24.4. The predicted molar refractivity (Wildman–Crippen MR) is 291 cm³/mol. The van der Waals surface area contributed by atoms with Crippen LogP contribution in [0.5, 0.6) is 0 Å². The number of rotatable bonds is 12. The van der Waals surface area contributed by atoms with E-state index in [9.17, 15) is 0 Å². The lowest BCUT2D eigenvalue weighted by atomic mass is 9.90. The molecule has 11 aromatic rings. The van der Waals surface area contributed by atoms with E-state index in [0.717, 1.165) is 53.9 Å². The molecule has 70 heavy (non-hydrogen) atoms. The molecule has 0 aliphatic carbocycles. The van der Waals surface area contributed by atoms with Crippen LogP contribution >= 0.6 is 0 Å². The number of nitrogens with one attached hydrogen (secondary N) is 1. The van der Waals surface area contributed by atoms with Crippen LogP contribution in [0.4, 0.5) is 0 Å². The Hall–Kier alpha value is -8.54. The highest BCUT2D eigenvalue weighted by Gasteiger charge is 2.17. The molecule has 9 aromatic carbocycles. The molecule has 3 heterocycles. The molecule has 2 aromatic heterocycles. The molecule has 0 bridgehead atoms. The second-order valence-corrected chi connectivity index (χ2v) is 18.8. The van der Waals surface area contributed by atoms with E-state index in [1.165, 1.54) is 88.0 Å². The van der Waals surface area contributed by atoms with Crippen molar-refractivity contribution in [1.29, 1.82) is 0 Å². The standard InChI is InChI=1S/C65H53N5/c1-69-36-34-66-64(69)48-26-22-44(23-27-48)18-20-46-38-47(21-19-45-24-28-49(29-25-45)65-67-35-37-70(65)2)40-54(39-46)56-13-4-3-12-55(56)53-31-33-63(68-43-53)52-11-9-10-50(41-52)51-30-32-61-59-16-6-5-14-57(59)58-15-7-8-17-60(58)62(61)42-51/h3-17,22-43,64,66H,18-21H2,1-2H3. The molecule has 1 aliphatic heterocycles. The summed E-state index contributed by atoms with van der Waals surface area (Å²) >= 11 is 0. The number of aromatic nitrogens is 3. The van der Waals surface area contributed by atoms with Crippen LogP contribution in [0.1, 0.15) is 34.0 Å². The molecule has 12 rings (SSSR count).